The zero-order chi connectivity index (χ0) is 20.4. The van der Waals surface area contributed by atoms with Crippen LogP contribution >= 0.6 is 0 Å². The summed E-state index contributed by atoms with van der Waals surface area (Å²) in [5.74, 6) is 0.545. The predicted molar refractivity (Wildman–Crippen MR) is 116 cm³/mol. The van der Waals surface area contributed by atoms with Gasteiger partial charge in [-0.3, -0.25) is 14.7 Å². The lowest BCUT2D eigenvalue weighted by atomic mass is 10.1. The number of hydrazine groups is 1. The Balaban J connectivity index is 1.43. The van der Waals surface area contributed by atoms with Crippen molar-refractivity contribution in [2.75, 3.05) is 32.0 Å². The summed E-state index contributed by atoms with van der Waals surface area (Å²) < 4.78 is 0. The van der Waals surface area contributed by atoms with Crippen LogP contribution in [0.3, 0.4) is 0 Å². The molecular formula is C22H30N6O. The fraction of sp³-hybridized carbons (Fsp3) is 0.500. The van der Waals surface area contributed by atoms with Crippen LogP contribution in [0.5, 0.6) is 0 Å². The molecule has 1 atom stereocenters. The highest BCUT2D eigenvalue weighted by molar-refractivity contribution is 5.93. The topological polar surface area (TPSA) is 64.4 Å². The van der Waals surface area contributed by atoms with E-state index in [1.54, 1.807) is 6.20 Å². The second-order valence-electron chi connectivity index (χ2n) is 8.03. The van der Waals surface area contributed by atoms with Gasteiger partial charge in [0.1, 0.15) is 11.5 Å². The van der Waals surface area contributed by atoms with Gasteiger partial charge in [-0.2, -0.15) is 0 Å². The number of anilines is 1. The smallest absolute Gasteiger partial charge is 0.239 e. The summed E-state index contributed by atoms with van der Waals surface area (Å²) in [5.41, 5.74) is 2.89. The van der Waals surface area contributed by atoms with Crippen molar-refractivity contribution in [3.05, 3.63) is 36.3 Å². The van der Waals surface area contributed by atoms with E-state index in [1.165, 1.54) is 19.3 Å². The van der Waals surface area contributed by atoms with Crippen molar-refractivity contribution >= 4 is 28.3 Å². The van der Waals surface area contributed by atoms with Crippen LogP contribution in [-0.2, 0) is 4.79 Å². The van der Waals surface area contributed by atoms with E-state index in [1.807, 2.05) is 18.2 Å². The molecule has 29 heavy (non-hydrogen) atoms. The monoisotopic (exact) mass is 394 g/mol. The molecule has 1 saturated heterocycles. The summed E-state index contributed by atoms with van der Waals surface area (Å²) >= 11 is 0. The van der Waals surface area contributed by atoms with Crippen LogP contribution in [0, 0.1) is 0 Å². The SMILES string of the molecule is CC[C@H](C)N(C)N1C=C1c1ccc2cnc(NC(=O)CN3CCCCC3)cc2n1. The third-order valence-electron chi connectivity index (χ3n) is 5.91. The third kappa shape index (κ3) is 4.57. The number of pyridine rings is 2. The number of fused-ring (bicyclic) bond motifs is 1. The van der Waals surface area contributed by atoms with Gasteiger partial charge in [-0.1, -0.05) is 13.3 Å². The molecule has 2 aliphatic rings. The number of amides is 1. The fourth-order valence-corrected chi connectivity index (χ4v) is 3.74. The number of rotatable bonds is 7. The summed E-state index contributed by atoms with van der Waals surface area (Å²) in [6.45, 7) is 6.83. The molecule has 0 bridgehead atoms. The maximum Gasteiger partial charge on any atom is 0.239 e. The molecule has 7 heteroatoms. The Kier molecular flexibility index (Phi) is 5.78. The molecule has 1 N–H and O–H groups in total. The maximum absolute atomic E-state index is 12.4. The van der Waals surface area contributed by atoms with Crippen LogP contribution in [0.25, 0.3) is 16.6 Å². The Morgan fingerprint density at radius 1 is 1.28 bits per heavy atom. The van der Waals surface area contributed by atoms with Crippen molar-refractivity contribution in [3.63, 3.8) is 0 Å². The van der Waals surface area contributed by atoms with Gasteiger partial charge in [0.25, 0.3) is 0 Å². The predicted octanol–water partition coefficient (Wildman–Crippen LogP) is 3.31. The lowest BCUT2D eigenvalue weighted by Gasteiger charge is -2.26. The molecule has 2 aliphatic heterocycles. The first-order valence-electron chi connectivity index (χ1n) is 10.6. The van der Waals surface area contributed by atoms with Gasteiger partial charge in [-0.15, -0.1) is 0 Å². The van der Waals surface area contributed by atoms with E-state index in [0.717, 1.165) is 41.8 Å². The highest BCUT2D eigenvalue weighted by Gasteiger charge is 2.29. The number of nitrogens with one attached hydrogen (secondary N) is 1. The molecular weight excluding hydrogens is 364 g/mol. The van der Waals surface area contributed by atoms with Crippen LogP contribution in [0.2, 0.25) is 0 Å². The molecule has 7 nitrogen and oxygen atoms in total. The molecule has 0 aromatic carbocycles. The van der Waals surface area contributed by atoms with Gasteiger partial charge in [0.2, 0.25) is 5.91 Å². The van der Waals surface area contributed by atoms with E-state index in [2.05, 4.69) is 52.3 Å². The first-order valence-corrected chi connectivity index (χ1v) is 10.6. The lowest BCUT2D eigenvalue weighted by molar-refractivity contribution is -0.117. The molecule has 2 aromatic rings. The van der Waals surface area contributed by atoms with Crippen LogP contribution in [0.4, 0.5) is 5.82 Å². The number of likely N-dealkylation sites (tertiary alicyclic amines) is 1. The van der Waals surface area contributed by atoms with Gasteiger partial charge in [-0.25, -0.2) is 15.0 Å². The Hall–Kier alpha value is -2.51. The highest BCUT2D eigenvalue weighted by Crippen LogP contribution is 2.34. The van der Waals surface area contributed by atoms with Crippen molar-refractivity contribution in [1.29, 1.82) is 0 Å². The Morgan fingerprint density at radius 3 is 2.83 bits per heavy atom. The van der Waals surface area contributed by atoms with E-state index < -0.39 is 0 Å². The molecule has 4 heterocycles. The first kappa shape index (κ1) is 19.8. The van der Waals surface area contributed by atoms with Gasteiger partial charge in [0, 0.05) is 36.9 Å². The average molecular weight is 395 g/mol. The van der Waals surface area contributed by atoms with E-state index in [-0.39, 0.29) is 5.91 Å². The number of hydrogen-bond donors (Lipinski definition) is 1. The van der Waals surface area contributed by atoms with E-state index in [0.29, 0.717) is 18.4 Å². The van der Waals surface area contributed by atoms with E-state index in [4.69, 9.17) is 4.98 Å². The van der Waals surface area contributed by atoms with Gasteiger partial charge >= 0.3 is 0 Å². The van der Waals surface area contributed by atoms with Crippen molar-refractivity contribution in [2.24, 2.45) is 0 Å². The molecule has 0 unspecified atom stereocenters. The quantitative estimate of drug-likeness (QED) is 0.777. The molecule has 154 valence electrons. The van der Waals surface area contributed by atoms with Crippen LogP contribution in [0.1, 0.15) is 45.2 Å². The van der Waals surface area contributed by atoms with Crippen molar-refractivity contribution < 1.29 is 4.79 Å². The van der Waals surface area contributed by atoms with Crippen molar-refractivity contribution in [1.82, 2.24) is 24.9 Å². The molecule has 2 aromatic heterocycles. The molecule has 0 saturated carbocycles. The largest absolute Gasteiger partial charge is 0.310 e. The highest BCUT2D eigenvalue weighted by atomic mass is 16.2. The molecule has 0 spiro atoms. The van der Waals surface area contributed by atoms with Gasteiger partial charge < -0.3 is 5.32 Å². The summed E-state index contributed by atoms with van der Waals surface area (Å²) in [4.78, 5) is 23.8. The van der Waals surface area contributed by atoms with Crippen LogP contribution in [0.15, 0.2) is 30.6 Å². The summed E-state index contributed by atoms with van der Waals surface area (Å²) in [5, 5.41) is 8.26. The maximum atomic E-state index is 12.4. The molecule has 1 amide bonds. The minimum Gasteiger partial charge on any atom is -0.310 e. The number of carbonyl (C=O) groups excluding carboxylic acids is 1. The summed E-state index contributed by atoms with van der Waals surface area (Å²) in [6.07, 6.45) is 8.57. The summed E-state index contributed by atoms with van der Waals surface area (Å²) in [7, 11) is 2.10. The summed E-state index contributed by atoms with van der Waals surface area (Å²) in [6, 6.07) is 6.38. The zero-order valence-corrected chi connectivity index (χ0v) is 17.6. The number of hydrogen-bond acceptors (Lipinski definition) is 6. The Morgan fingerprint density at radius 2 is 2.07 bits per heavy atom. The average Bonchev–Trinajstić information content (AvgIpc) is 3.53. The minimum atomic E-state index is -0.0128. The standard InChI is InChI=1S/C22H30N6O/c1-4-16(2)26(3)28-14-20(28)18-9-8-17-13-23-21(12-19(17)24-18)25-22(29)15-27-10-6-5-7-11-27/h8-9,12-14,16H,4-7,10-11,15H2,1-3H3,(H,23,25,29)/t16-,28?/m0/s1. The second-order valence-corrected chi connectivity index (χ2v) is 8.03. The first-order chi connectivity index (χ1) is 14.0. The van der Waals surface area contributed by atoms with Gasteiger partial charge in [-0.05, 0) is 51.4 Å². The number of aromatic nitrogens is 2. The lowest BCUT2D eigenvalue weighted by Crippen LogP contribution is -2.36. The van der Waals surface area contributed by atoms with Gasteiger partial charge in [0.05, 0.1) is 17.8 Å². The fourth-order valence-electron chi connectivity index (χ4n) is 3.74. The number of nitrogens with zero attached hydrogens (tertiary/aromatic N) is 5. The third-order valence-corrected chi connectivity index (χ3v) is 5.91. The van der Waals surface area contributed by atoms with Crippen LogP contribution < -0.4 is 5.32 Å². The van der Waals surface area contributed by atoms with E-state index >= 15 is 0 Å². The normalized spacial score (nSPS) is 18.1. The molecule has 0 radical (unpaired) electrons. The minimum absolute atomic E-state index is 0.0128. The number of piperidine rings is 1. The van der Waals surface area contributed by atoms with Crippen LogP contribution in [-0.4, -0.2) is 63.5 Å². The van der Waals surface area contributed by atoms with E-state index in [9.17, 15) is 4.79 Å². The Labute approximate surface area is 172 Å². The zero-order valence-electron chi connectivity index (χ0n) is 17.6. The Bertz CT molecular complexity index is 921. The second kappa shape index (κ2) is 8.47. The van der Waals surface area contributed by atoms with Gasteiger partial charge in [0.15, 0.2) is 0 Å². The number of carbonyl (C=O) groups is 1. The molecule has 1 fully saturated rings. The molecule has 0 aliphatic carbocycles. The molecule has 4 rings (SSSR count). The van der Waals surface area contributed by atoms with Crippen molar-refractivity contribution in [3.8, 4) is 0 Å². The van der Waals surface area contributed by atoms with Crippen molar-refractivity contribution in [2.45, 2.75) is 45.6 Å².